The lowest BCUT2D eigenvalue weighted by Gasteiger charge is -2.19. The summed E-state index contributed by atoms with van der Waals surface area (Å²) in [5, 5.41) is 2.68. The molecule has 0 heterocycles. The van der Waals surface area contributed by atoms with E-state index < -0.39 is 10.0 Å². The third kappa shape index (κ3) is 7.18. The Bertz CT molecular complexity index is 357. The van der Waals surface area contributed by atoms with E-state index in [1.165, 1.54) is 7.05 Å². The van der Waals surface area contributed by atoms with Crippen molar-refractivity contribution in [2.75, 3.05) is 31.8 Å². The number of carbonyl (C=O) groups excluding carboxylic acids is 1. The van der Waals surface area contributed by atoms with E-state index in [1.807, 2.05) is 13.8 Å². The molecule has 1 N–H and O–H groups in total. The van der Waals surface area contributed by atoms with Crippen LogP contribution < -0.4 is 5.32 Å². The molecule has 0 saturated heterocycles. The predicted octanol–water partition coefficient (Wildman–Crippen LogP) is 0.895. The molecule has 0 aliphatic heterocycles. The van der Waals surface area contributed by atoms with Gasteiger partial charge in [0.25, 0.3) is 0 Å². The lowest BCUT2D eigenvalue weighted by Crippen LogP contribution is -2.41. The van der Waals surface area contributed by atoms with Gasteiger partial charge in [0.15, 0.2) is 0 Å². The lowest BCUT2D eigenvalue weighted by molar-refractivity contribution is -0.121. The molecule has 108 valence electrons. The summed E-state index contributed by atoms with van der Waals surface area (Å²) in [6, 6.07) is 0. The van der Waals surface area contributed by atoms with Gasteiger partial charge in [-0.2, -0.15) is 4.31 Å². The summed E-state index contributed by atoms with van der Waals surface area (Å²) in [6.45, 7) is 6.11. The maximum absolute atomic E-state index is 11.9. The van der Waals surface area contributed by atoms with Gasteiger partial charge in [0.05, 0.1) is 12.3 Å². The van der Waals surface area contributed by atoms with Crippen LogP contribution in [0.4, 0.5) is 0 Å². The first-order chi connectivity index (χ1) is 8.19. The molecule has 0 aromatic carbocycles. The molecule has 7 heteroatoms. The molecule has 18 heavy (non-hydrogen) atoms. The molecule has 1 atom stereocenters. The third-order valence-electron chi connectivity index (χ3n) is 2.31. The second kappa shape index (κ2) is 7.96. The van der Waals surface area contributed by atoms with Gasteiger partial charge in [-0.1, -0.05) is 20.8 Å². The molecule has 0 radical (unpaired) electrons. The highest BCUT2D eigenvalue weighted by atomic mass is 35.5. The molecule has 1 amide bonds. The maximum Gasteiger partial charge on any atom is 0.235 e. The van der Waals surface area contributed by atoms with Gasteiger partial charge in [-0.3, -0.25) is 4.79 Å². The zero-order valence-corrected chi connectivity index (χ0v) is 13.0. The van der Waals surface area contributed by atoms with E-state index in [1.54, 1.807) is 6.92 Å². The summed E-state index contributed by atoms with van der Waals surface area (Å²) in [6.07, 6.45) is 0. The summed E-state index contributed by atoms with van der Waals surface area (Å²) >= 11 is 5.59. The second-order valence-corrected chi connectivity index (χ2v) is 7.42. The highest BCUT2D eigenvalue weighted by Gasteiger charge is 2.22. The van der Waals surface area contributed by atoms with Crippen molar-refractivity contribution in [3.63, 3.8) is 0 Å². The molecule has 0 aromatic rings. The maximum atomic E-state index is 11.9. The molecule has 5 nitrogen and oxygen atoms in total. The molecule has 0 rings (SSSR count). The van der Waals surface area contributed by atoms with E-state index in [9.17, 15) is 13.2 Å². The molecular weight excluding hydrogens is 276 g/mol. The van der Waals surface area contributed by atoms with Gasteiger partial charge in [-0.05, 0) is 11.8 Å². The third-order valence-corrected chi connectivity index (χ3v) is 4.90. The van der Waals surface area contributed by atoms with Crippen molar-refractivity contribution >= 4 is 27.5 Å². The molecule has 0 bridgehead atoms. The first-order valence-corrected chi connectivity index (χ1v) is 8.10. The normalized spacial score (nSPS) is 13.9. The minimum Gasteiger partial charge on any atom is -0.355 e. The molecule has 0 saturated carbocycles. The molecule has 0 fully saturated rings. The Morgan fingerprint density at radius 1 is 1.33 bits per heavy atom. The lowest BCUT2D eigenvalue weighted by atomic mass is 10.2. The van der Waals surface area contributed by atoms with Crippen LogP contribution in [0, 0.1) is 11.8 Å². The highest BCUT2D eigenvalue weighted by molar-refractivity contribution is 7.89. The van der Waals surface area contributed by atoms with Crippen molar-refractivity contribution in [2.24, 2.45) is 11.8 Å². The zero-order valence-electron chi connectivity index (χ0n) is 11.4. The number of alkyl halides is 1. The van der Waals surface area contributed by atoms with Crippen molar-refractivity contribution in [3.8, 4) is 0 Å². The number of nitrogens with one attached hydrogen (secondary N) is 1. The largest absolute Gasteiger partial charge is 0.355 e. The van der Waals surface area contributed by atoms with Gasteiger partial charge in [0.2, 0.25) is 15.9 Å². The van der Waals surface area contributed by atoms with Gasteiger partial charge < -0.3 is 5.32 Å². The minimum absolute atomic E-state index is 0.0372. The number of amides is 1. The summed E-state index contributed by atoms with van der Waals surface area (Å²) in [4.78, 5) is 11.5. The minimum atomic E-state index is -3.42. The number of sulfonamides is 1. The van der Waals surface area contributed by atoms with Crippen LogP contribution in [0.15, 0.2) is 0 Å². The number of halogens is 1. The first kappa shape index (κ1) is 17.7. The predicted molar refractivity (Wildman–Crippen MR) is 74.1 cm³/mol. The SMILES string of the molecule is CC(C)CNC(=O)CN(C)S(=O)(=O)CC(C)CCl. The van der Waals surface area contributed by atoms with Gasteiger partial charge >= 0.3 is 0 Å². The highest BCUT2D eigenvalue weighted by Crippen LogP contribution is 2.07. The van der Waals surface area contributed by atoms with Gasteiger partial charge in [-0.25, -0.2) is 8.42 Å². The number of hydrogen-bond donors (Lipinski definition) is 1. The molecule has 1 unspecified atom stereocenters. The van der Waals surface area contributed by atoms with E-state index in [0.29, 0.717) is 12.5 Å². The van der Waals surface area contributed by atoms with Crippen LogP contribution in [0.5, 0.6) is 0 Å². The quantitative estimate of drug-likeness (QED) is 0.677. The fraction of sp³-hybridized carbons (Fsp3) is 0.909. The first-order valence-electron chi connectivity index (χ1n) is 5.95. The summed E-state index contributed by atoms with van der Waals surface area (Å²) in [5.74, 6) is 0.176. The standard InChI is InChI=1S/C11H23ClN2O3S/c1-9(2)6-13-11(15)7-14(4)18(16,17)8-10(3)5-12/h9-10H,5-8H2,1-4H3,(H,13,15). The Labute approximate surface area is 115 Å². The van der Waals surface area contributed by atoms with Crippen molar-refractivity contribution in [1.82, 2.24) is 9.62 Å². The number of likely N-dealkylation sites (N-methyl/N-ethyl adjacent to an activating group) is 1. The molecule has 0 aliphatic carbocycles. The van der Waals surface area contributed by atoms with Gasteiger partial charge in [0.1, 0.15) is 0 Å². The Kier molecular flexibility index (Phi) is 7.82. The van der Waals surface area contributed by atoms with Crippen LogP contribution in [0.3, 0.4) is 0 Å². The fourth-order valence-electron chi connectivity index (χ4n) is 1.21. The van der Waals surface area contributed by atoms with Gasteiger partial charge in [0, 0.05) is 19.5 Å². The van der Waals surface area contributed by atoms with Gasteiger partial charge in [-0.15, -0.1) is 11.6 Å². The van der Waals surface area contributed by atoms with Crippen LogP contribution in [0.25, 0.3) is 0 Å². The van der Waals surface area contributed by atoms with Crippen LogP contribution in [0.2, 0.25) is 0 Å². The average Bonchev–Trinajstić information content (AvgIpc) is 2.25. The Morgan fingerprint density at radius 2 is 1.89 bits per heavy atom. The monoisotopic (exact) mass is 298 g/mol. The van der Waals surface area contributed by atoms with E-state index in [0.717, 1.165) is 4.31 Å². The van der Waals surface area contributed by atoms with Crippen LogP contribution in [-0.4, -0.2) is 50.4 Å². The van der Waals surface area contributed by atoms with Crippen molar-refractivity contribution in [3.05, 3.63) is 0 Å². The average molecular weight is 299 g/mol. The van der Waals surface area contributed by atoms with Crippen molar-refractivity contribution < 1.29 is 13.2 Å². The van der Waals surface area contributed by atoms with Crippen molar-refractivity contribution in [1.29, 1.82) is 0 Å². The number of nitrogens with zero attached hydrogens (tertiary/aromatic N) is 1. The second-order valence-electron chi connectivity index (χ2n) is 4.99. The molecular formula is C11H23ClN2O3S. The Morgan fingerprint density at radius 3 is 2.33 bits per heavy atom. The van der Waals surface area contributed by atoms with Crippen LogP contribution >= 0.6 is 11.6 Å². The molecule has 0 aromatic heterocycles. The van der Waals surface area contributed by atoms with Crippen LogP contribution in [0.1, 0.15) is 20.8 Å². The molecule has 0 aliphatic rings. The van der Waals surface area contributed by atoms with Crippen LogP contribution in [-0.2, 0) is 14.8 Å². The number of carbonyl (C=O) groups is 1. The smallest absolute Gasteiger partial charge is 0.235 e. The Hall–Kier alpha value is -0.330. The van der Waals surface area contributed by atoms with E-state index in [4.69, 9.17) is 11.6 Å². The van der Waals surface area contributed by atoms with Crippen molar-refractivity contribution in [2.45, 2.75) is 20.8 Å². The summed E-state index contributed by atoms with van der Waals surface area (Å²) in [7, 11) is -2.01. The fourth-order valence-corrected chi connectivity index (χ4v) is 2.85. The van der Waals surface area contributed by atoms with E-state index in [2.05, 4.69) is 5.32 Å². The summed E-state index contributed by atoms with van der Waals surface area (Å²) < 4.78 is 24.8. The number of rotatable bonds is 8. The topological polar surface area (TPSA) is 66.5 Å². The molecule has 0 spiro atoms. The summed E-state index contributed by atoms with van der Waals surface area (Å²) in [5.41, 5.74) is 0. The van der Waals surface area contributed by atoms with E-state index >= 15 is 0 Å². The Balaban J connectivity index is 4.30. The number of hydrogen-bond acceptors (Lipinski definition) is 3. The zero-order chi connectivity index (χ0) is 14.3. The van der Waals surface area contributed by atoms with E-state index in [-0.39, 0.29) is 30.0 Å².